The Kier molecular flexibility index (Phi) is 2.73. The van der Waals surface area contributed by atoms with Gasteiger partial charge in [-0.1, -0.05) is 30.3 Å². The summed E-state index contributed by atoms with van der Waals surface area (Å²) in [5.41, 5.74) is 0.721. The number of halogens is 3. The van der Waals surface area contributed by atoms with E-state index >= 15 is 0 Å². The Bertz CT molecular complexity index is 325. The molecule has 1 aromatic carbocycles. The quantitative estimate of drug-likeness (QED) is 0.689. The van der Waals surface area contributed by atoms with Gasteiger partial charge in [0.15, 0.2) is 0 Å². The van der Waals surface area contributed by atoms with Crippen LogP contribution in [0.1, 0.15) is 11.5 Å². The van der Waals surface area contributed by atoms with E-state index in [-0.39, 0.29) is 13.2 Å². The van der Waals surface area contributed by atoms with E-state index in [1.165, 1.54) is 0 Å². The van der Waals surface area contributed by atoms with Crippen LogP contribution in [0.5, 0.6) is 0 Å². The highest BCUT2D eigenvalue weighted by Crippen LogP contribution is 2.43. The Morgan fingerprint density at radius 2 is 1.73 bits per heavy atom. The molecule has 82 valence electrons. The second-order valence-electron chi connectivity index (χ2n) is 3.84. The van der Waals surface area contributed by atoms with Crippen molar-refractivity contribution in [3.63, 3.8) is 0 Å². The van der Waals surface area contributed by atoms with Crippen molar-refractivity contribution in [2.24, 2.45) is 0 Å². The average Bonchev–Trinajstić information content (AvgIpc) is 2.67. The molecule has 1 aliphatic rings. The first kappa shape index (κ1) is 10.5. The van der Waals surface area contributed by atoms with Gasteiger partial charge in [0.05, 0.1) is 6.61 Å². The molecule has 15 heavy (non-hydrogen) atoms. The van der Waals surface area contributed by atoms with Crippen LogP contribution in [0, 0.1) is 0 Å². The number of hydrogen-bond acceptors (Lipinski definition) is 1. The normalized spacial score (nSPS) is 26.9. The van der Waals surface area contributed by atoms with Crippen molar-refractivity contribution in [3.8, 4) is 0 Å². The van der Waals surface area contributed by atoms with Gasteiger partial charge in [-0.05, 0) is 17.3 Å². The summed E-state index contributed by atoms with van der Waals surface area (Å²) in [5.74, 6) is -1.82. The fourth-order valence-electron chi connectivity index (χ4n) is 1.99. The Labute approximate surface area is 86.3 Å². The van der Waals surface area contributed by atoms with E-state index in [4.69, 9.17) is 4.74 Å². The lowest BCUT2D eigenvalue weighted by molar-refractivity contribution is 0.191. The molecule has 0 radical (unpaired) electrons. The first-order chi connectivity index (χ1) is 7.09. The van der Waals surface area contributed by atoms with Crippen LogP contribution in [-0.2, 0) is 4.74 Å². The number of ether oxygens (including phenoxy) is 1. The molecule has 0 bridgehead atoms. The van der Waals surface area contributed by atoms with Crippen molar-refractivity contribution < 1.29 is 17.7 Å². The van der Waals surface area contributed by atoms with Gasteiger partial charge in [0, 0.05) is 6.61 Å². The van der Waals surface area contributed by atoms with Gasteiger partial charge in [0.1, 0.15) is 0 Å². The van der Waals surface area contributed by atoms with Crippen LogP contribution in [0.25, 0.3) is 0 Å². The van der Waals surface area contributed by atoms with Crippen LogP contribution in [0.4, 0.5) is 12.9 Å². The molecule has 0 aromatic heterocycles. The minimum Gasteiger partial charge on any atom is -0.449 e. The van der Waals surface area contributed by atoms with E-state index in [0.717, 1.165) is 5.56 Å². The minimum atomic E-state index is -4.81. The molecule has 1 saturated heterocycles. The third-order valence-corrected chi connectivity index (χ3v) is 2.84. The maximum atomic E-state index is 12.7. The molecule has 0 saturated carbocycles. The van der Waals surface area contributed by atoms with E-state index in [0.29, 0.717) is 0 Å². The first-order valence-electron chi connectivity index (χ1n) is 4.91. The molecule has 1 aromatic rings. The van der Waals surface area contributed by atoms with Gasteiger partial charge in [-0.15, -0.1) is 0 Å². The monoisotopic (exact) mass is 215 g/mol. The highest BCUT2D eigenvalue weighted by Gasteiger charge is 2.43. The predicted molar refractivity (Wildman–Crippen MR) is 52.8 cm³/mol. The zero-order valence-corrected chi connectivity index (χ0v) is 8.08. The Balaban J connectivity index is 2.23. The topological polar surface area (TPSA) is 9.23 Å². The molecular formula is C10H11BF3O-. The van der Waals surface area contributed by atoms with E-state index in [2.05, 4.69) is 0 Å². The molecule has 0 N–H and O–H groups in total. The zero-order chi connectivity index (χ0) is 10.9. The first-order valence-corrected chi connectivity index (χ1v) is 4.91. The van der Waals surface area contributed by atoms with E-state index in [1.54, 1.807) is 30.3 Å². The Hall–Kier alpha value is -0.965. The van der Waals surface area contributed by atoms with Gasteiger partial charge in [0.2, 0.25) is 0 Å². The Morgan fingerprint density at radius 1 is 1.07 bits per heavy atom. The molecular weight excluding hydrogens is 204 g/mol. The minimum absolute atomic E-state index is 0.177. The van der Waals surface area contributed by atoms with Crippen LogP contribution in [-0.4, -0.2) is 20.2 Å². The molecule has 0 spiro atoms. The van der Waals surface area contributed by atoms with Crippen molar-refractivity contribution in [1.29, 1.82) is 0 Å². The summed E-state index contributed by atoms with van der Waals surface area (Å²) in [6.45, 7) is -4.83. The molecule has 0 amide bonds. The van der Waals surface area contributed by atoms with Gasteiger partial charge in [-0.2, -0.15) is 0 Å². The fourth-order valence-corrected chi connectivity index (χ4v) is 1.99. The van der Waals surface area contributed by atoms with Gasteiger partial charge < -0.3 is 17.7 Å². The maximum Gasteiger partial charge on any atom is 0.484 e. The molecule has 0 aliphatic carbocycles. The summed E-state index contributed by atoms with van der Waals surface area (Å²) >= 11 is 0. The number of benzene rings is 1. The molecule has 0 unspecified atom stereocenters. The molecule has 1 nitrogen and oxygen atoms in total. The lowest BCUT2D eigenvalue weighted by Gasteiger charge is -2.26. The van der Waals surface area contributed by atoms with Crippen molar-refractivity contribution in [3.05, 3.63) is 35.9 Å². The van der Waals surface area contributed by atoms with Crippen molar-refractivity contribution in [1.82, 2.24) is 0 Å². The van der Waals surface area contributed by atoms with Crippen LogP contribution in [0.15, 0.2) is 30.3 Å². The molecule has 5 heteroatoms. The van der Waals surface area contributed by atoms with Crippen molar-refractivity contribution in [2.45, 2.75) is 11.7 Å². The van der Waals surface area contributed by atoms with E-state index in [9.17, 15) is 12.9 Å². The highest BCUT2D eigenvalue weighted by molar-refractivity contribution is 6.60. The molecule has 1 fully saturated rings. The average molecular weight is 215 g/mol. The summed E-state index contributed by atoms with van der Waals surface area (Å²) in [7, 11) is 0. The smallest absolute Gasteiger partial charge is 0.449 e. The third kappa shape index (κ3) is 2.17. The molecule has 1 aliphatic heterocycles. The highest BCUT2D eigenvalue weighted by atomic mass is 19.4. The van der Waals surface area contributed by atoms with Gasteiger partial charge >= 0.3 is 6.98 Å². The maximum absolute atomic E-state index is 12.7. The zero-order valence-electron chi connectivity index (χ0n) is 8.08. The van der Waals surface area contributed by atoms with E-state index in [1.807, 2.05) is 0 Å². The lowest BCUT2D eigenvalue weighted by atomic mass is 9.65. The summed E-state index contributed by atoms with van der Waals surface area (Å²) < 4.78 is 43.0. The van der Waals surface area contributed by atoms with Gasteiger partial charge in [-0.3, -0.25) is 0 Å². The number of rotatable bonds is 2. The predicted octanol–water partition coefficient (Wildman–Crippen LogP) is 3.02. The second-order valence-corrected chi connectivity index (χ2v) is 3.84. The number of hydrogen-bond donors (Lipinski definition) is 0. The summed E-state index contributed by atoms with van der Waals surface area (Å²) in [5, 5.41) is 0. The largest absolute Gasteiger partial charge is 0.484 e. The third-order valence-electron chi connectivity index (χ3n) is 2.84. The van der Waals surface area contributed by atoms with Crippen LogP contribution in [0.3, 0.4) is 0 Å². The molecule has 2 rings (SSSR count). The van der Waals surface area contributed by atoms with Crippen LogP contribution < -0.4 is 0 Å². The summed E-state index contributed by atoms with van der Waals surface area (Å²) in [6, 6.07) is 8.78. The molecule has 1 heterocycles. The lowest BCUT2D eigenvalue weighted by Crippen LogP contribution is -2.28. The summed E-state index contributed by atoms with van der Waals surface area (Å²) in [6.07, 6.45) is 0. The standard InChI is InChI=1S/C10H11BF3O/c12-11(13,14)10-7-15-6-9(10)8-4-2-1-3-5-8/h1-5,9-10H,6-7H2/q-1/t9-,10-/m1/s1. The van der Waals surface area contributed by atoms with E-state index < -0.39 is 18.7 Å². The summed E-state index contributed by atoms with van der Waals surface area (Å²) in [4.78, 5) is 0. The van der Waals surface area contributed by atoms with Crippen LogP contribution >= 0.6 is 0 Å². The second kappa shape index (κ2) is 3.89. The SMILES string of the molecule is F[B-](F)(F)[C@@H]1COC[C@@H]1c1ccccc1. The molecule has 2 atom stereocenters. The van der Waals surface area contributed by atoms with Crippen molar-refractivity contribution >= 4 is 6.98 Å². The Morgan fingerprint density at radius 3 is 2.33 bits per heavy atom. The van der Waals surface area contributed by atoms with Crippen LogP contribution in [0.2, 0.25) is 5.82 Å². The van der Waals surface area contributed by atoms with Gasteiger partial charge in [-0.25, -0.2) is 0 Å². The fraction of sp³-hybridized carbons (Fsp3) is 0.400. The van der Waals surface area contributed by atoms with Crippen molar-refractivity contribution in [2.75, 3.05) is 13.2 Å². The van der Waals surface area contributed by atoms with Gasteiger partial charge in [0.25, 0.3) is 0 Å².